The van der Waals surface area contributed by atoms with Crippen LogP contribution in [-0.4, -0.2) is 37.7 Å². The number of benzene rings is 2. The number of nitrogens with one attached hydrogen (secondary N) is 1. The lowest BCUT2D eigenvalue weighted by Crippen LogP contribution is -2.43. The number of carbonyl (C=O) groups excluding carboxylic acids is 2. The number of primary sulfonamides is 1. The molecule has 0 aromatic heterocycles. The first-order valence-electron chi connectivity index (χ1n) is 8.80. The first kappa shape index (κ1) is 21.6. The van der Waals surface area contributed by atoms with Crippen molar-refractivity contribution in [3.8, 4) is 0 Å². The zero-order chi connectivity index (χ0) is 21.2. The van der Waals surface area contributed by atoms with E-state index in [1.807, 2.05) is 0 Å². The summed E-state index contributed by atoms with van der Waals surface area (Å²) in [6, 6.07) is 10.3. The smallest absolute Gasteiger partial charge is 0.256 e. The number of hydrogen-bond acceptors (Lipinski definition) is 4. The highest BCUT2D eigenvalue weighted by atomic mass is 35.5. The van der Waals surface area contributed by atoms with E-state index >= 15 is 0 Å². The Kier molecular flexibility index (Phi) is 6.48. The SMILES string of the molecule is NS(=O)(=O)Cc1cccc(NC(=O)C2CCCN2C(=O)c2cc(Cl)ccc2Cl)c1. The molecule has 2 aromatic carbocycles. The fourth-order valence-corrected chi connectivity index (χ4v) is 4.31. The van der Waals surface area contributed by atoms with Gasteiger partial charge in [-0.3, -0.25) is 9.59 Å². The van der Waals surface area contributed by atoms with Gasteiger partial charge in [-0.2, -0.15) is 0 Å². The third-order valence-electron chi connectivity index (χ3n) is 4.54. The number of amides is 2. The van der Waals surface area contributed by atoms with Crippen LogP contribution in [0.5, 0.6) is 0 Å². The van der Waals surface area contributed by atoms with Crippen molar-refractivity contribution in [3.05, 3.63) is 63.6 Å². The highest BCUT2D eigenvalue weighted by Gasteiger charge is 2.35. The second-order valence-electron chi connectivity index (χ2n) is 6.78. The summed E-state index contributed by atoms with van der Waals surface area (Å²) in [5, 5.41) is 8.46. The second kappa shape index (κ2) is 8.71. The lowest BCUT2D eigenvalue weighted by Gasteiger charge is -2.24. The van der Waals surface area contributed by atoms with E-state index in [2.05, 4.69) is 5.32 Å². The average Bonchev–Trinajstić information content (AvgIpc) is 3.12. The Hall–Kier alpha value is -2.13. The largest absolute Gasteiger partial charge is 0.327 e. The molecule has 3 N–H and O–H groups in total. The fourth-order valence-electron chi connectivity index (χ4n) is 3.30. The molecule has 3 rings (SSSR count). The van der Waals surface area contributed by atoms with E-state index in [1.165, 1.54) is 17.0 Å². The zero-order valence-electron chi connectivity index (χ0n) is 15.3. The third-order valence-corrected chi connectivity index (χ3v) is 5.84. The van der Waals surface area contributed by atoms with Crippen LogP contribution < -0.4 is 10.5 Å². The number of nitrogens with two attached hydrogens (primary N) is 1. The normalized spacial score (nSPS) is 16.7. The Morgan fingerprint density at radius 2 is 1.93 bits per heavy atom. The number of likely N-dealkylation sites (tertiary alicyclic amines) is 1. The Bertz CT molecular complexity index is 1060. The lowest BCUT2D eigenvalue weighted by molar-refractivity contribution is -0.119. The summed E-state index contributed by atoms with van der Waals surface area (Å²) in [7, 11) is -3.69. The van der Waals surface area contributed by atoms with E-state index in [0.29, 0.717) is 35.7 Å². The van der Waals surface area contributed by atoms with Crippen molar-refractivity contribution in [1.82, 2.24) is 4.90 Å². The van der Waals surface area contributed by atoms with E-state index < -0.39 is 16.1 Å². The maximum Gasteiger partial charge on any atom is 0.256 e. The predicted molar refractivity (Wildman–Crippen MR) is 112 cm³/mol. The second-order valence-corrected chi connectivity index (χ2v) is 9.24. The topological polar surface area (TPSA) is 110 Å². The van der Waals surface area contributed by atoms with E-state index in [9.17, 15) is 18.0 Å². The number of carbonyl (C=O) groups is 2. The van der Waals surface area contributed by atoms with E-state index in [4.69, 9.17) is 28.3 Å². The number of halogens is 2. The van der Waals surface area contributed by atoms with Crippen LogP contribution in [0, 0.1) is 0 Å². The van der Waals surface area contributed by atoms with Crippen LogP contribution in [0.1, 0.15) is 28.8 Å². The zero-order valence-corrected chi connectivity index (χ0v) is 17.6. The molecule has 154 valence electrons. The Morgan fingerprint density at radius 1 is 1.17 bits per heavy atom. The van der Waals surface area contributed by atoms with Crippen molar-refractivity contribution in [3.63, 3.8) is 0 Å². The van der Waals surface area contributed by atoms with Gasteiger partial charge in [-0.05, 0) is 48.7 Å². The molecule has 7 nitrogen and oxygen atoms in total. The molecule has 0 bridgehead atoms. The maximum absolute atomic E-state index is 12.9. The molecule has 1 saturated heterocycles. The van der Waals surface area contributed by atoms with E-state index in [0.717, 1.165) is 0 Å². The molecular weight excluding hydrogens is 437 g/mol. The summed E-state index contributed by atoms with van der Waals surface area (Å²) in [5.41, 5.74) is 1.13. The molecule has 1 heterocycles. The van der Waals surface area contributed by atoms with Crippen LogP contribution in [0.4, 0.5) is 5.69 Å². The van der Waals surface area contributed by atoms with Crippen LogP contribution in [0.2, 0.25) is 10.0 Å². The van der Waals surface area contributed by atoms with Gasteiger partial charge in [0.25, 0.3) is 5.91 Å². The number of sulfonamides is 1. The molecule has 1 atom stereocenters. The van der Waals surface area contributed by atoms with Crippen molar-refractivity contribution in [2.75, 3.05) is 11.9 Å². The number of anilines is 1. The van der Waals surface area contributed by atoms with Crippen LogP contribution >= 0.6 is 23.2 Å². The van der Waals surface area contributed by atoms with Gasteiger partial charge in [0.15, 0.2) is 0 Å². The minimum atomic E-state index is -3.69. The minimum absolute atomic E-state index is 0.244. The molecule has 0 radical (unpaired) electrons. The van der Waals surface area contributed by atoms with Gasteiger partial charge < -0.3 is 10.2 Å². The summed E-state index contributed by atoms with van der Waals surface area (Å²) in [6.07, 6.45) is 1.18. The molecule has 1 fully saturated rings. The van der Waals surface area contributed by atoms with Gasteiger partial charge in [0, 0.05) is 17.3 Å². The van der Waals surface area contributed by atoms with Crippen LogP contribution in [0.3, 0.4) is 0 Å². The van der Waals surface area contributed by atoms with Crippen LogP contribution in [0.25, 0.3) is 0 Å². The van der Waals surface area contributed by atoms with E-state index in [-0.39, 0.29) is 28.2 Å². The minimum Gasteiger partial charge on any atom is -0.327 e. The summed E-state index contributed by atoms with van der Waals surface area (Å²) in [6.45, 7) is 0.422. The molecule has 10 heteroatoms. The summed E-state index contributed by atoms with van der Waals surface area (Å²) in [5.74, 6) is -1.06. The highest BCUT2D eigenvalue weighted by molar-refractivity contribution is 7.88. The Labute approximate surface area is 178 Å². The molecule has 0 spiro atoms. The average molecular weight is 456 g/mol. The Morgan fingerprint density at radius 3 is 2.66 bits per heavy atom. The monoisotopic (exact) mass is 455 g/mol. The quantitative estimate of drug-likeness (QED) is 0.721. The van der Waals surface area contributed by atoms with Crippen molar-refractivity contribution in [2.24, 2.45) is 5.14 Å². The van der Waals surface area contributed by atoms with E-state index in [1.54, 1.807) is 30.3 Å². The van der Waals surface area contributed by atoms with Gasteiger partial charge in [-0.15, -0.1) is 0 Å². The highest BCUT2D eigenvalue weighted by Crippen LogP contribution is 2.27. The standard InChI is InChI=1S/C19H19Cl2N3O4S/c20-13-6-7-16(21)15(10-13)19(26)24-8-2-5-17(24)18(25)23-14-4-1-3-12(9-14)11-29(22,27)28/h1,3-4,6-7,9-10,17H,2,5,8,11H2,(H,23,25)(H2,22,27,28). The predicted octanol–water partition coefficient (Wildman–Crippen LogP) is 3.03. The molecule has 2 aromatic rings. The van der Waals surface area contributed by atoms with Crippen molar-refractivity contribution >= 4 is 50.7 Å². The first-order chi connectivity index (χ1) is 13.6. The molecular formula is C19H19Cl2N3O4S. The molecule has 1 aliphatic heterocycles. The van der Waals surface area contributed by atoms with Gasteiger partial charge in [0.1, 0.15) is 6.04 Å². The van der Waals surface area contributed by atoms with Gasteiger partial charge in [-0.1, -0.05) is 35.3 Å². The van der Waals surface area contributed by atoms with Gasteiger partial charge in [0.2, 0.25) is 15.9 Å². The van der Waals surface area contributed by atoms with Crippen molar-refractivity contribution in [1.29, 1.82) is 0 Å². The number of nitrogens with zero attached hydrogens (tertiary/aromatic N) is 1. The summed E-state index contributed by atoms with van der Waals surface area (Å²) < 4.78 is 22.5. The number of hydrogen-bond donors (Lipinski definition) is 2. The first-order valence-corrected chi connectivity index (χ1v) is 11.3. The molecule has 1 aliphatic rings. The molecule has 0 saturated carbocycles. The van der Waals surface area contributed by atoms with Gasteiger partial charge in [-0.25, -0.2) is 13.6 Å². The summed E-state index contributed by atoms with van der Waals surface area (Å²) in [4.78, 5) is 27.2. The van der Waals surface area contributed by atoms with Crippen LogP contribution in [-0.2, 0) is 20.6 Å². The molecule has 1 unspecified atom stereocenters. The Balaban J connectivity index is 1.76. The van der Waals surface area contributed by atoms with Crippen molar-refractivity contribution < 1.29 is 18.0 Å². The number of rotatable bonds is 5. The molecule has 2 amide bonds. The lowest BCUT2D eigenvalue weighted by atomic mass is 10.1. The van der Waals surface area contributed by atoms with Gasteiger partial charge >= 0.3 is 0 Å². The van der Waals surface area contributed by atoms with Crippen molar-refractivity contribution in [2.45, 2.75) is 24.6 Å². The van der Waals surface area contributed by atoms with Gasteiger partial charge in [0.05, 0.1) is 16.3 Å². The summed E-state index contributed by atoms with van der Waals surface area (Å²) >= 11 is 12.1. The molecule has 0 aliphatic carbocycles. The maximum atomic E-state index is 12.9. The third kappa shape index (κ3) is 5.48. The fraction of sp³-hybridized carbons (Fsp3) is 0.263. The molecule has 29 heavy (non-hydrogen) atoms. The van der Waals surface area contributed by atoms with Crippen LogP contribution in [0.15, 0.2) is 42.5 Å².